The minimum atomic E-state index is -4.17. The summed E-state index contributed by atoms with van der Waals surface area (Å²) >= 11 is 0. The van der Waals surface area contributed by atoms with E-state index in [1.807, 2.05) is 0 Å². The molecule has 0 aromatic heterocycles. The Kier molecular flexibility index (Phi) is 3.07. The van der Waals surface area contributed by atoms with Gasteiger partial charge in [-0.1, -0.05) is 0 Å². The van der Waals surface area contributed by atoms with Crippen molar-refractivity contribution in [3.8, 4) is 0 Å². The third-order valence-corrected chi connectivity index (χ3v) is 2.23. The van der Waals surface area contributed by atoms with Gasteiger partial charge in [-0.2, -0.15) is 8.78 Å². The molecule has 0 radical (unpaired) electrons. The van der Waals surface area contributed by atoms with Crippen molar-refractivity contribution in [3.05, 3.63) is 23.2 Å². The molecular weight excluding hydrogens is 228 g/mol. The summed E-state index contributed by atoms with van der Waals surface area (Å²) in [5.41, 5.74) is 5.22. The van der Waals surface area contributed by atoms with Crippen LogP contribution in [0.2, 0.25) is 0 Å². The normalized spacial score (nSPS) is 28.9. The molecule has 3 nitrogen and oxygen atoms in total. The van der Waals surface area contributed by atoms with Crippen molar-refractivity contribution in [2.24, 2.45) is 11.5 Å². The molecule has 92 valence electrons. The van der Waals surface area contributed by atoms with E-state index in [-0.39, 0.29) is 6.61 Å². The molecule has 0 heterocycles. The Morgan fingerprint density at radius 3 is 2.31 bits per heavy atom. The van der Waals surface area contributed by atoms with Gasteiger partial charge in [0.25, 0.3) is 0 Å². The van der Waals surface area contributed by atoms with Crippen LogP contribution in [-0.2, 0) is 4.74 Å². The topological polar surface area (TPSA) is 61.3 Å². The summed E-state index contributed by atoms with van der Waals surface area (Å²) in [6, 6.07) is 0. The Morgan fingerprint density at radius 2 is 1.88 bits per heavy atom. The molecule has 0 amide bonds. The molecule has 0 saturated carbocycles. The molecule has 0 aromatic carbocycles. The molecule has 0 aliphatic heterocycles. The van der Waals surface area contributed by atoms with E-state index in [0.29, 0.717) is 6.08 Å². The first-order chi connectivity index (χ1) is 7.30. The zero-order valence-electron chi connectivity index (χ0n) is 8.57. The van der Waals surface area contributed by atoms with Crippen molar-refractivity contribution in [1.29, 1.82) is 0 Å². The van der Waals surface area contributed by atoms with Crippen molar-refractivity contribution in [3.63, 3.8) is 0 Å². The van der Waals surface area contributed by atoms with Gasteiger partial charge in [0, 0.05) is 0 Å². The zero-order chi connectivity index (χ0) is 12.6. The van der Waals surface area contributed by atoms with Crippen molar-refractivity contribution in [1.82, 2.24) is 0 Å². The van der Waals surface area contributed by atoms with Gasteiger partial charge in [0.1, 0.15) is 12.4 Å². The number of hydrogen-bond acceptors (Lipinski definition) is 3. The molecule has 1 atom stereocenters. The fourth-order valence-corrected chi connectivity index (χ4v) is 1.35. The van der Waals surface area contributed by atoms with Crippen LogP contribution in [0.1, 0.15) is 6.92 Å². The average molecular weight is 240 g/mol. The van der Waals surface area contributed by atoms with Gasteiger partial charge in [0.2, 0.25) is 5.67 Å². The first-order valence-electron chi connectivity index (χ1n) is 4.54. The molecule has 0 spiro atoms. The second-order valence-electron chi connectivity index (χ2n) is 3.35. The standard InChI is InChI=1S/C9H12F4N2O/c1-2-16-6-5(14)3-8(11,4-10)9(12,13)7(6)15/h3H,2,4,14-15H2,1H3. The molecule has 4 N–H and O–H groups in total. The third kappa shape index (κ3) is 1.60. The van der Waals surface area contributed by atoms with E-state index in [4.69, 9.17) is 16.2 Å². The van der Waals surface area contributed by atoms with Gasteiger partial charge >= 0.3 is 5.92 Å². The fourth-order valence-electron chi connectivity index (χ4n) is 1.35. The lowest BCUT2D eigenvalue weighted by molar-refractivity contribution is -0.0984. The maximum Gasteiger partial charge on any atom is 0.330 e. The molecule has 0 bridgehead atoms. The Bertz CT molecular complexity index is 353. The van der Waals surface area contributed by atoms with Crippen LogP contribution in [0.15, 0.2) is 23.2 Å². The summed E-state index contributed by atoms with van der Waals surface area (Å²) in [5, 5.41) is 0. The molecule has 0 fully saturated rings. The lowest BCUT2D eigenvalue weighted by atomic mass is 9.89. The quantitative estimate of drug-likeness (QED) is 0.732. The summed E-state index contributed by atoms with van der Waals surface area (Å²) < 4.78 is 57.5. The number of halogens is 4. The molecule has 1 rings (SSSR count). The van der Waals surface area contributed by atoms with E-state index in [1.165, 1.54) is 6.92 Å². The average Bonchev–Trinajstić information content (AvgIpc) is 2.22. The van der Waals surface area contributed by atoms with Crippen LogP contribution in [0.3, 0.4) is 0 Å². The summed E-state index contributed by atoms with van der Waals surface area (Å²) in [6.45, 7) is -0.353. The van der Waals surface area contributed by atoms with Crippen LogP contribution in [0.5, 0.6) is 0 Å². The Hall–Kier alpha value is -1.40. The Morgan fingerprint density at radius 1 is 1.31 bits per heavy atom. The van der Waals surface area contributed by atoms with Crippen molar-refractivity contribution in [2.45, 2.75) is 18.5 Å². The molecule has 1 aliphatic rings. The van der Waals surface area contributed by atoms with E-state index in [0.717, 1.165) is 0 Å². The third-order valence-electron chi connectivity index (χ3n) is 2.23. The van der Waals surface area contributed by atoms with Gasteiger partial charge in [0.15, 0.2) is 5.76 Å². The summed E-state index contributed by atoms with van der Waals surface area (Å²) in [7, 11) is 0. The number of rotatable bonds is 3. The lowest BCUT2D eigenvalue weighted by Gasteiger charge is -2.34. The summed E-state index contributed by atoms with van der Waals surface area (Å²) in [5.74, 6) is -4.66. The van der Waals surface area contributed by atoms with Crippen LogP contribution < -0.4 is 11.5 Å². The first-order valence-corrected chi connectivity index (χ1v) is 4.54. The number of nitrogens with two attached hydrogens (primary N) is 2. The van der Waals surface area contributed by atoms with Gasteiger partial charge in [-0.25, -0.2) is 8.78 Å². The lowest BCUT2D eigenvalue weighted by Crippen LogP contribution is -2.52. The van der Waals surface area contributed by atoms with Crippen molar-refractivity contribution in [2.75, 3.05) is 13.3 Å². The molecule has 1 unspecified atom stereocenters. The monoisotopic (exact) mass is 240 g/mol. The van der Waals surface area contributed by atoms with Crippen LogP contribution in [0.25, 0.3) is 0 Å². The van der Waals surface area contributed by atoms with Gasteiger partial charge in [-0.15, -0.1) is 0 Å². The van der Waals surface area contributed by atoms with E-state index in [1.54, 1.807) is 0 Å². The van der Waals surface area contributed by atoms with Gasteiger partial charge < -0.3 is 16.2 Å². The predicted molar refractivity (Wildman–Crippen MR) is 49.9 cm³/mol. The van der Waals surface area contributed by atoms with Gasteiger partial charge in [0.05, 0.1) is 12.3 Å². The second kappa shape index (κ2) is 3.88. The fraction of sp³-hybridized carbons (Fsp3) is 0.556. The number of alkyl halides is 4. The molecular formula is C9H12F4N2O. The Balaban J connectivity index is 3.27. The Labute approximate surface area is 89.7 Å². The summed E-state index contributed by atoms with van der Waals surface area (Å²) in [6.07, 6.45) is 0.300. The maximum absolute atomic E-state index is 13.5. The van der Waals surface area contributed by atoms with Gasteiger partial charge in [-0.05, 0) is 13.0 Å². The van der Waals surface area contributed by atoms with Crippen molar-refractivity contribution >= 4 is 0 Å². The number of hydrogen-bond donors (Lipinski definition) is 2. The van der Waals surface area contributed by atoms with Crippen LogP contribution in [0, 0.1) is 0 Å². The highest BCUT2D eigenvalue weighted by atomic mass is 19.3. The van der Waals surface area contributed by atoms with Gasteiger partial charge in [-0.3, -0.25) is 0 Å². The van der Waals surface area contributed by atoms with Crippen LogP contribution in [0.4, 0.5) is 17.6 Å². The second-order valence-corrected chi connectivity index (χ2v) is 3.35. The SMILES string of the molecule is CCOC1=C(N)C(F)(F)C(F)(CF)C=C1N. The zero-order valence-corrected chi connectivity index (χ0v) is 8.57. The molecule has 16 heavy (non-hydrogen) atoms. The number of allylic oxidation sites excluding steroid dienone is 2. The van der Waals surface area contributed by atoms with E-state index >= 15 is 0 Å². The largest absolute Gasteiger partial charge is 0.490 e. The van der Waals surface area contributed by atoms with E-state index in [2.05, 4.69) is 0 Å². The van der Waals surface area contributed by atoms with E-state index < -0.39 is 35.4 Å². The van der Waals surface area contributed by atoms with Crippen LogP contribution >= 0.6 is 0 Å². The minimum Gasteiger partial charge on any atom is -0.490 e. The molecule has 0 saturated heterocycles. The predicted octanol–water partition coefficient (Wildman–Crippen LogP) is 1.36. The molecule has 7 heteroatoms. The summed E-state index contributed by atoms with van der Waals surface area (Å²) in [4.78, 5) is 0. The number of ether oxygens (including phenoxy) is 1. The first kappa shape index (κ1) is 12.7. The minimum absolute atomic E-state index is 0.0373. The molecule has 1 aliphatic carbocycles. The highest BCUT2D eigenvalue weighted by Crippen LogP contribution is 2.44. The smallest absolute Gasteiger partial charge is 0.330 e. The van der Waals surface area contributed by atoms with E-state index in [9.17, 15) is 17.6 Å². The van der Waals surface area contributed by atoms with Crippen molar-refractivity contribution < 1.29 is 22.3 Å². The maximum atomic E-state index is 13.5. The highest BCUT2D eigenvalue weighted by molar-refractivity contribution is 5.41. The molecule has 0 aromatic rings. The highest BCUT2D eigenvalue weighted by Gasteiger charge is 2.59. The van der Waals surface area contributed by atoms with Crippen LogP contribution in [-0.4, -0.2) is 24.9 Å².